The number of benzene rings is 2. The van der Waals surface area contributed by atoms with E-state index < -0.39 is 5.60 Å². The van der Waals surface area contributed by atoms with Crippen LogP contribution in [0, 0.1) is 11.6 Å². The molecule has 0 radical (unpaired) electrons. The molecule has 0 bridgehead atoms. The molecule has 2 heterocycles. The van der Waals surface area contributed by atoms with Crippen LogP contribution < -0.4 is 0 Å². The number of aliphatic hydroxyl groups is 1. The maximum absolute atomic E-state index is 13.8. The molecule has 1 N–H and O–H groups in total. The van der Waals surface area contributed by atoms with Gasteiger partial charge in [0.2, 0.25) is 0 Å². The van der Waals surface area contributed by atoms with Crippen LogP contribution in [0.5, 0.6) is 0 Å². The Balaban J connectivity index is 1.64. The minimum atomic E-state index is -0.983. The highest BCUT2D eigenvalue weighted by atomic mass is 32.2. The first kappa shape index (κ1) is 19.6. The molecule has 4 rings (SSSR count). The van der Waals surface area contributed by atoms with Crippen LogP contribution in [0.25, 0.3) is 21.8 Å². The molecule has 1 saturated heterocycles. The molecule has 0 amide bonds. The van der Waals surface area contributed by atoms with Crippen LogP contribution in [0.2, 0.25) is 0 Å². The topological polar surface area (TPSA) is 31.6 Å². The highest BCUT2D eigenvalue weighted by molar-refractivity contribution is 7.97. The van der Waals surface area contributed by atoms with Gasteiger partial charge in [-0.2, -0.15) is 0 Å². The zero-order valence-electron chi connectivity index (χ0n) is 16.2. The van der Waals surface area contributed by atoms with Crippen molar-refractivity contribution in [2.24, 2.45) is 0 Å². The summed E-state index contributed by atoms with van der Waals surface area (Å²) in [6.07, 6.45) is 0. The third-order valence-corrected chi connectivity index (χ3v) is 6.50. The van der Waals surface area contributed by atoms with Gasteiger partial charge in [-0.05, 0) is 49.9 Å². The molecule has 7 heteroatoms. The minimum absolute atomic E-state index is 0.346. The smallest absolute Gasteiger partial charge is 0.123 e. The van der Waals surface area contributed by atoms with Crippen molar-refractivity contribution in [2.45, 2.75) is 26.0 Å². The lowest BCUT2D eigenvalue weighted by atomic mass is 10.1. The molecule has 0 aliphatic carbocycles. The van der Waals surface area contributed by atoms with E-state index in [1.807, 2.05) is 11.5 Å². The monoisotopic (exact) mass is 405 g/mol. The molecule has 1 unspecified atom stereocenters. The molecular formula is C21H25F2N3OS. The lowest BCUT2D eigenvalue weighted by molar-refractivity contribution is 0.0255. The normalized spacial score (nSPS) is 18.8. The average Bonchev–Trinajstić information content (AvgIpc) is 2.94. The largest absolute Gasteiger partial charge is 0.387 e. The van der Waals surface area contributed by atoms with Gasteiger partial charge in [0.25, 0.3) is 0 Å². The molecule has 3 aromatic rings. The summed E-state index contributed by atoms with van der Waals surface area (Å²) in [6, 6.07) is 9.08. The molecule has 4 nitrogen and oxygen atoms in total. The molecule has 1 atom stereocenters. The standard InChI is InChI=1S/C21H25F2N3OS/c1-3-24-8-9-25(28-14-24)12-21(2,27)13-26-19-6-4-15(22)10-17(19)18-11-16(23)5-7-20(18)26/h4-7,10-11,27H,3,8-9,12-14H2,1-2H3. The average molecular weight is 406 g/mol. The lowest BCUT2D eigenvalue weighted by Crippen LogP contribution is -2.46. The van der Waals surface area contributed by atoms with Gasteiger partial charge in [-0.1, -0.05) is 18.9 Å². The molecule has 1 aliphatic heterocycles. The third-order valence-electron chi connectivity index (χ3n) is 5.34. The molecule has 28 heavy (non-hydrogen) atoms. The lowest BCUT2D eigenvalue weighted by Gasteiger charge is -2.37. The highest BCUT2D eigenvalue weighted by Gasteiger charge is 2.29. The van der Waals surface area contributed by atoms with E-state index in [0.29, 0.717) is 23.9 Å². The quantitative estimate of drug-likeness (QED) is 0.649. The van der Waals surface area contributed by atoms with E-state index >= 15 is 0 Å². The van der Waals surface area contributed by atoms with Crippen LogP contribution in [0.1, 0.15) is 13.8 Å². The number of likely N-dealkylation sites (N-methyl/N-ethyl adjacent to an activating group) is 1. The predicted molar refractivity (Wildman–Crippen MR) is 111 cm³/mol. The molecule has 1 aliphatic rings. The Morgan fingerprint density at radius 3 is 2.11 bits per heavy atom. The molecule has 0 saturated carbocycles. The van der Waals surface area contributed by atoms with Crippen LogP contribution >= 0.6 is 11.9 Å². The van der Waals surface area contributed by atoms with E-state index in [2.05, 4.69) is 16.1 Å². The molecule has 1 fully saturated rings. The molecule has 2 aromatic carbocycles. The summed E-state index contributed by atoms with van der Waals surface area (Å²) in [4.78, 5) is 2.37. The van der Waals surface area contributed by atoms with Crippen LogP contribution in [-0.4, -0.2) is 56.5 Å². The van der Waals surface area contributed by atoms with Crippen molar-refractivity contribution in [1.82, 2.24) is 13.8 Å². The highest BCUT2D eigenvalue weighted by Crippen LogP contribution is 2.32. The zero-order valence-corrected chi connectivity index (χ0v) is 17.0. The second kappa shape index (κ2) is 7.63. The number of nitrogens with zero attached hydrogens (tertiary/aromatic N) is 3. The number of fused-ring (bicyclic) bond motifs is 3. The zero-order chi connectivity index (χ0) is 19.9. The summed E-state index contributed by atoms with van der Waals surface area (Å²) in [5.74, 6) is 0.223. The van der Waals surface area contributed by atoms with Gasteiger partial charge in [0, 0.05) is 41.4 Å². The van der Waals surface area contributed by atoms with Crippen molar-refractivity contribution in [3.8, 4) is 0 Å². The summed E-state index contributed by atoms with van der Waals surface area (Å²) in [7, 11) is 0. The minimum Gasteiger partial charge on any atom is -0.387 e. The van der Waals surface area contributed by atoms with Gasteiger partial charge in [-0.3, -0.25) is 4.90 Å². The van der Waals surface area contributed by atoms with Gasteiger partial charge >= 0.3 is 0 Å². The van der Waals surface area contributed by atoms with Crippen LogP contribution in [-0.2, 0) is 6.54 Å². The number of hydrogen-bond donors (Lipinski definition) is 1. The van der Waals surface area contributed by atoms with E-state index in [1.165, 1.54) is 24.3 Å². The number of rotatable bonds is 5. The predicted octanol–water partition coefficient (Wildman–Crippen LogP) is 4.07. The second-order valence-electron chi connectivity index (χ2n) is 7.74. The summed E-state index contributed by atoms with van der Waals surface area (Å²) in [5.41, 5.74) is 0.611. The Morgan fingerprint density at radius 1 is 1.00 bits per heavy atom. The van der Waals surface area contributed by atoms with Gasteiger partial charge < -0.3 is 9.67 Å². The van der Waals surface area contributed by atoms with E-state index in [9.17, 15) is 13.9 Å². The first-order valence-corrected chi connectivity index (χ1v) is 10.5. The van der Waals surface area contributed by atoms with E-state index in [0.717, 1.165) is 36.5 Å². The maximum Gasteiger partial charge on any atom is 0.123 e. The van der Waals surface area contributed by atoms with E-state index in [1.54, 1.807) is 24.1 Å². The molecule has 0 spiro atoms. The SMILES string of the molecule is CCN1CCN(CC(C)(O)Cn2c3ccc(F)cc3c3cc(F)ccc32)SC1. The van der Waals surface area contributed by atoms with Crippen molar-refractivity contribution < 1.29 is 13.9 Å². The number of aromatic nitrogens is 1. The number of hydrogen-bond acceptors (Lipinski definition) is 4. The van der Waals surface area contributed by atoms with Crippen LogP contribution in [0.4, 0.5) is 8.78 Å². The van der Waals surface area contributed by atoms with Gasteiger partial charge in [0.1, 0.15) is 11.6 Å². The Hall–Kier alpha value is -1.67. The third kappa shape index (κ3) is 3.89. The van der Waals surface area contributed by atoms with Gasteiger partial charge in [-0.25, -0.2) is 13.1 Å². The van der Waals surface area contributed by atoms with Crippen molar-refractivity contribution >= 4 is 33.8 Å². The van der Waals surface area contributed by atoms with E-state index in [-0.39, 0.29) is 11.6 Å². The van der Waals surface area contributed by atoms with Gasteiger partial charge in [0.05, 0.1) is 18.0 Å². The number of β-amino-alcohol motifs (C(OH)–C–C–N with tert-alkyl or cyclic N) is 1. The van der Waals surface area contributed by atoms with Crippen molar-refractivity contribution in [3.63, 3.8) is 0 Å². The van der Waals surface area contributed by atoms with Gasteiger partial charge in [-0.15, -0.1) is 0 Å². The summed E-state index contributed by atoms with van der Waals surface area (Å²) < 4.78 is 31.8. The summed E-state index contributed by atoms with van der Waals surface area (Å²) >= 11 is 1.74. The number of halogens is 2. The van der Waals surface area contributed by atoms with Crippen molar-refractivity contribution in [1.29, 1.82) is 0 Å². The second-order valence-corrected chi connectivity index (χ2v) is 8.77. The van der Waals surface area contributed by atoms with Crippen LogP contribution in [0.3, 0.4) is 0 Å². The Bertz CT molecular complexity index is 937. The Kier molecular flexibility index (Phi) is 5.35. The van der Waals surface area contributed by atoms with Crippen molar-refractivity contribution in [3.05, 3.63) is 48.0 Å². The van der Waals surface area contributed by atoms with Crippen LogP contribution in [0.15, 0.2) is 36.4 Å². The van der Waals surface area contributed by atoms with Crippen molar-refractivity contribution in [2.75, 3.05) is 32.1 Å². The fourth-order valence-corrected chi connectivity index (χ4v) is 5.13. The van der Waals surface area contributed by atoms with E-state index in [4.69, 9.17) is 0 Å². The molecule has 150 valence electrons. The summed E-state index contributed by atoms with van der Waals surface area (Å²) in [6.45, 7) is 7.78. The summed E-state index contributed by atoms with van der Waals surface area (Å²) in [5, 5.41) is 12.5. The Labute approximate surface area is 167 Å². The Morgan fingerprint density at radius 2 is 1.61 bits per heavy atom. The maximum atomic E-state index is 13.8. The first-order chi connectivity index (χ1) is 13.4. The fraction of sp³-hybridized carbons (Fsp3) is 0.429. The first-order valence-electron chi connectivity index (χ1n) is 9.56. The molecular weight excluding hydrogens is 380 g/mol. The van der Waals surface area contributed by atoms with Gasteiger partial charge in [0.15, 0.2) is 0 Å². The fourth-order valence-electron chi connectivity index (χ4n) is 3.91. The molecule has 1 aromatic heterocycles.